The highest BCUT2D eigenvalue weighted by Gasteiger charge is 2.19. The van der Waals surface area contributed by atoms with Crippen molar-refractivity contribution in [2.75, 3.05) is 4.90 Å². The van der Waals surface area contributed by atoms with Crippen LogP contribution in [0.3, 0.4) is 0 Å². The second kappa shape index (κ2) is 12.0. The number of aromatic nitrogens is 1. The molecule has 1 aromatic heterocycles. The summed E-state index contributed by atoms with van der Waals surface area (Å²) >= 11 is 0. The van der Waals surface area contributed by atoms with Crippen LogP contribution in [0.1, 0.15) is 0 Å². The number of benzene rings is 8. The van der Waals surface area contributed by atoms with Crippen molar-refractivity contribution in [3.63, 3.8) is 0 Å². The van der Waals surface area contributed by atoms with Gasteiger partial charge in [0.2, 0.25) is 0 Å². The Bertz CT molecular complexity index is 2680. The summed E-state index contributed by atoms with van der Waals surface area (Å²) in [5, 5.41) is 20.8. The van der Waals surface area contributed by atoms with Gasteiger partial charge in [-0.2, -0.15) is 0 Å². The molecule has 1 heterocycles. The zero-order valence-electron chi connectivity index (χ0n) is 26.9. The molecule has 0 saturated carbocycles. The van der Waals surface area contributed by atoms with Gasteiger partial charge in [0, 0.05) is 47.0 Å². The van der Waals surface area contributed by atoms with Gasteiger partial charge in [-0.15, -0.1) is 0 Å². The Morgan fingerprint density at radius 1 is 0.480 bits per heavy atom. The Hall–Kier alpha value is -6.85. The second-order valence-corrected chi connectivity index (χ2v) is 12.4. The average molecular weight is 644 g/mol. The first kappa shape index (κ1) is 29.3. The maximum Gasteiger partial charge on any atom is 0.269 e. The topological polar surface area (TPSA) is 59.3 Å². The Morgan fingerprint density at radius 3 is 1.70 bits per heavy atom. The van der Waals surface area contributed by atoms with E-state index in [1.54, 1.807) is 30.5 Å². The number of nitro groups is 1. The van der Waals surface area contributed by atoms with Crippen LogP contribution in [0.2, 0.25) is 0 Å². The van der Waals surface area contributed by atoms with Gasteiger partial charge in [0.05, 0.1) is 4.92 Å². The molecule has 0 spiro atoms. The highest BCUT2D eigenvalue weighted by atomic mass is 16.6. The second-order valence-electron chi connectivity index (χ2n) is 12.4. The first-order valence-electron chi connectivity index (χ1n) is 16.5. The van der Waals surface area contributed by atoms with Gasteiger partial charge in [-0.1, -0.05) is 109 Å². The first-order chi connectivity index (χ1) is 24.6. The zero-order chi connectivity index (χ0) is 33.6. The third-order valence-corrected chi connectivity index (χ3v) is 9.61. The highest BCUT2D eigenvalue weighted by molar-refractivity contribution is 6.23. The van der Waals surface area contributed by atoms with Crippen molar-refractivity contribution in [3.05, 3.63) is 186 Å². The fourth-order valence-corrected chi connectivity index (χ4v) is 7.33. The molecule has 8 aromatic carbocycles. The van der Waals surface area contributed by atoms with Crippen molar-refractivity contribution < 1.29 is 4.92 Å². The van der Waals surface area contributed by atoms with Crippen molar-refractivity contribution in [1.82, 2.24) is 4.98 Å². The Morgan fingerprint density at radius 2 is 1.04 bits per heavy atom. The van der Waals surface area contributed by atoms with Gasteiger partial charge < -0.3 is 4.90 Å². The van der Waals surface area contributed by atoms with Crippen LogP contribution in [0, 0.1) is 10.1 Å². The number of rotatable bonds is 6. The number of non-ortho nitro benzene ring substituents is 1. The van der Waals surface area contributed by atoms with Crippen molar-refractivity contribution in [2.24, 2.45) is 0 Å². The van der Waals surface area contributed by atoms with E-state index in [4.69, 9.17) is 0 Å². The summed E-state index contributed by atoms with van der Waals surface area (Å²) in [6.07, 6.45) is 3.64. The maximum absolute atomic E-state index is 11.5. The largest absolute Gasteiger partial charge is 0.310 e. The third-order valence-electron chi connectivity index (χ3n) is 9.61. The number of nitro benzene ring substituents is 1. The van der Waals surface area contributed by atoms with Crippen LogP contribution in [0.25, 0.3) is 65.3 Å². The van der Waals surface area contributed by atoms with E-state index in [-0.39, 0.29) is 10.6 Å². The Kier molecular flexibility index (Phi) is 7.03. The molecule has 0 atom stereocenters. The molecule has 0 saturated heterocycles. The van der Waals surface area contributed by atoms with Crippen LogP contribution in [0.15, 0.2) is 176 Å². The van der Waals surface area contributed by atoms with Crippen LogP contribution in [0.4, 0.5) is 22.7 Å². The Labute approximate surface area is 288 Å². The molecule has 0 bridgehead atoms. The summed E-state index contributed by atoms with van der Waals surface area (Å²) in [7, 11) is 0. The van der Waals surface area contributed by atoms with Gasteiger partial charge in [-0.25, -0.2) is 0 Å². The van der Waals surface area contributed by atoms with Crippen molar-refractivity contribution in [1.29, 1.82) is 0 Å². The lowest BCUT2D eigenvalue weighted by Crippen LogP contribution is -2.10. The van der Waals surface area contributed by atoms with E-state index in [1.807, 2.05) is 12.3 Å². The van der Waals surface area contributed by atoms with Crippen molar-refractivity contribution in [3.8, 4) is 22.3 Å². The van der Waals surface area contributed by atoms with Gasteiger partial charge in [0.1, 0.15) is 0 Å². The van der Waals surface area contributed by atoms with Crippen LogP contribution in [0.5, 0.6) is 0 Å². The lowest BCUT2D eigenvalue weighted by Gasteiger charge is -2.26. The minimum Gasteiger partial charge on any atom is -0.310 e. The highest BCUT2D eigenvalue weighted by Crippen LogP contribution is 2.46. The number of nitrogens with zero attached hydrogens (tertiary/aromatic N) is 3. The molecule has 0 aliphatic carbocycles. The lowest BCUT2D eigenvalue weighted by atomic mass is 9.85. The smallest absolute Gasteiger partial charge is 0.269 e. The van der Waals surface area contributed by atoms with E-state index >= 15 is 0 Å². The third kappa shape index (κ3) is 4.92. The standard InChI is InChI=1S/C45H29N3O2/c49-48(50)36-24-22-35(23-25-36)47(37-21-18-33-29-46-27-26-32(33)28-37)34-19-16-31(17-20-34)44-40-11-3-5-13-42(40)45(43-14-6-4-12-41(43)44)39-15-7-9-30-8-1-2-10-38(30)39/h1-29H. The maximum atomic E-state index is 11.5. The summed E-state index contributed by atoms with van der Waals surface area (Å²) in [4.78, 5) is 17.5. The molecule has 0 fully saturated rings. The van der Waals surface area contributed by atoms with E-state index in [2.05, 4.69) is 143 Å². The number of anilines is 3. The van der Waals surface area contributed by atoms with Gasteiger partial charge >= 0.3 is 0 Å². The molecule has 0 aliphatic heterocycles. The van der Waals surface area contributed by atoms with Crippen molar-refractivity contribution in [2.45, 2.75) is 0 Å². The van der Waals surface area contributed by atoms with Gasteiger partial charge in [0.25, 0.3) is 5.69 Å². The first-order valence-corrected chi connectivity index (χ1v) is 16.5. The monoisotopic (exact) mass is 643 g/mol. The van der Waals surface area contributed by atoms with E-state index in [9.17, 15) is 10.1 Å². The van der Waals surface area contributed by atoms with Crippen molar-refractivity contribution >= 4 is 65.8 Å². The van der Waals surface area contributed by atoms with Crippen LogP contribution >= 0.6 is 0 Å². The van der Waals surface area contributed by atoms with E-state index in [0.717, 1.165) is 33.4 Å². The number of pyridine rings is 1. The summed E-state index contributed by atoms with van der Waals surface area (Å²) < 4.78 is 0. The number of hydrogen-bond donors (Lipinski definition) is 0. The van der Waals surface area contributed by atoms with Gasteiger partial charge in [-0.05, 0) is 102 Å². The van der Waals surface area contributed by atoms with E-state index < -0.39 is 0 Å². The molecular formula is C45H29N3O2. The molecular weight excluding hydrogens is 615 g/mol. The summed E-state index contributed by atoms with van der Waals surface area (Å²) in [6, 6.07) is 56.2. The van der Waals surface area contributed by atoms with Crippen LogP contribution in [-0.2, 0) is 0 Å². The molecule has 0 N–H and O–H groups in total. The van der Waals surface area contributed by atoms with E-state index in [0.29, 0.717) is 0 Å². The molecule has 236 valence electrons. The average Bonchev–Trinajstić information content (AvgIpc) is 3.17. The van der Waals surface area contributed by atoms with Crippen LogP contribution < -0.4 is 4.90 Å². The fraction of sp³-hybridized carbons (Fsp3) is 0. The summed E-state index contributed by atoms with van der Waals surface area (Å²) in [5.74, 6) is 0. The SMILES string of the molecule is O=[N+]([O-])c1ccc(N(c2ccc(-c3c4ccccc4c(-c4cccc5ccccc45)c4ccccc34)cc2)c2ccc3cnccc3c2)cc1. The molecule has 5 nitrogen and oxygen atoms in total. The van der Waals surface area contributed by atoms with E-state index in [1.165, 1.54) is 49.0 Å². The molecule has 0 unspecified atom stereocenters. The summed E-state index contributed by atoms with van der Waals surface area (Å²) in [5.41, 5.74) is 7.53. The molecule has 9 aromatic rings. The Balaban J connectivity index is 1.23. The predicted octanol–water partition coefficient (Wildman–Crippen LogP) is 12.4. The zero-order valence-corrected chi connectivity index (χ0v) is 26.9. The number of fused-ring (bicyclic) bond motifs is 4. The predicted molar refractivity (Wildman–Crippen MR) is 206 cm³/mol. The molecule has 50 heavy (non-hydrogen) atoms. The normalized spacial score (nSPS) is 11.4. The van der Waals surface area contributed by atoms with Crippen LogP contribution in [-0.4, -0.2) is 9.91 Å². The molecule has 0 radical (unpaired) electrons. The number of hydrogen-bond acceptors (Lipinski definition) is 4. The minimum atomic E-state index is -0.369. The molecule has 5 heteroatoms. The summed E-state index contributed by atoms with van der Waals surface area (Å²) in [6.45, 7) is 0. The fourth-order valence-electron chi connectivity index (χ4n) is 7.33. The quantitative estimate of drug-likeness (QED) is 0.103. The molecule has 9 rings (SSSR count). The molecule has 0 aliphatic rings. The minimum absolute atomic E-state index is 0.0549. The lowest BCUT2D eigenvalue weighted by molar-refractivity contribution is -0.384. The molecule has 0 amide bonds. The van der Waals surface area contributed by atoms with Gasteiger partial charge in [0.15, 0.2) is 0 Å². The van der Waals surface area contributed by atoms with Gasteiger partial charge in [-0.3, -0.25) is 15.1 Å².